The Balaban J connectivity index is 2.71. The number of nitrogens with zero attached hydrogens (tertiary/aromatic N) is 1. The first-order valence-electron chi connectivity index (χ1n) is 3.97. The van der Waals surface area contributed by atoms with Gasteiger partial charge in [-0.3, -0.25) is 0 Å². The second-order valence-corrected chi connectivity index (χ2v) is 2.92. The lowest BCUT2D eigenvalue weighted by atomic mass is 10.3. The van der Waals surface area contributed by atoms with Crippen molar-refractivity contribution in [1.29, 1.82) is 0 Å². The Labute approximate surface area is 91.3 Å². The third-order valence-corrected chi connectivity index (χ3v) is 1.64. The summed E-state index contributed by atoms with van der Waals surface area (Å²) in [6, 6.07) is 3.14. The number of aromatic nitrogens is 1. The van der Waals surface area contributed by atoms with E-state index in [1.807, 2.05) is 0 Å². The standard InChI is InChI=1S/C9H8ClN3O2/c10-8-4-3-6(11)7(13-8)2-1-5-12-9(14)15/h3-4,12H,5,11H2,(H,14,15). The van der Waals surface area contributed by atoms with Gasteiger partial charge in [0.1, 0.15) is 10.8 Å². The summed E-state index contributed by atoms with van der Waals surface area (Å²) >= 11 is 5.64. The van der Waals surface area contributed by atoms with Crippen molar-refractivity contribution in [3.63, 3.8) is 0 Å². The van der Waals surface area contributed by atoms with Gasteiger partial charge in [-0.15, -0.1) is 0 Å². The van der Waals surface area contributed by atoms with Crippen molar-refractivity contribution in [2.45, 2.75) is 0 Å². The lowest BCUT2D eigenvalue weighted by Gasteiger charge is -1.96. The van der Waals surface area contributed by atoms with E-state index in [0.29, 0.717) is 16.5 Å². The molecule has 1 amide bonds. The molecule has 0 aliphatic rings. The van der Waals surface area contributed by atoms with Crippen LogP contribution in [0.4, 0.5) is 10.5 Å². The number of carboxylic acid groups (broad SMARTS) is 1. The lowest BCUT2D eigenvalue weighted by molar-refractivity contribution is 0.196. The van der Waals surface area contributed by atoms with Crippen LogP contribution in [0.25, 0.3) is 0 Å². The van der Waals surface area contributed by atoms with Crippen LogP contribution in [0.3, 0.4) is 0 Å². The zero-order chi connectivity index (χ0) is 11.3. The van der Waals surface area contributed by atoms with Crippen molar-refractivity contribution < 1.29 is 9.90 Å². The normalized spacial score (nSPS) is 8.87. The highest BCUT2D eigenvalue weighted by Gasteiger charge is 1.97. The summed E-state index contributed by atoms with van der Waals surface area (Å²) in [4.78, 5) is 14.0. The molecule has 0 saturated heterocycles. The molecule has 1 aromatic heterocycles. The molecule has 5 nitrogen and oxygen atoms in total. The largest absolute Gasteiger partial charge is 0.465 e. The molecule has 1 heterocycles. The average molecular weight is 226 g/mol. The van der Waals surface area contributed by atoms with Crippen LogP contribution in [0.2, 0.25) is 5.15 Å². The summed E-state index contributed by atoms with van der Waals surface area (Å²) in [5.41, 5.74) is 6.32. The van der Waals surface area contributed by atoms with E-state index in [-0.39, 0.29) is 6.54 Å². The van der Waals surface area contributed by atoms with Crippen LogP contribution in [-0.2, 0) is 0 Å². The molecule has 0 fully saturated rings. The minimum Gasteiger partial charge on any atom is -0.465 e. The number of anilines is 1. The van der Waals surface area contributed by atoms with E-state index in [1.165, 1.54) is 0 Å². The molecule has 0 aliphatic heterocycles. The molecule has 0 saturated carbocycles. The van der Waals surface area contributed by atoms with E-state index in [4.69, 9.17) is 22.4 Å². The Kier molecular flexibility index (Phi) is 3.77. The summed E-state index contributed by atoms with van der Waals surface area (Å²) in [6.07, 6.45) is -1.13. The Hall–Kier alpha value is -1.93. The molecular formula is C9H8ClN3O2. The third-order valence-electron chi connectivity index (χ3n) is 1.43. The predicted molar refractivity (Wildman–Crippen MR) is 56.6 cm³/mol. The fraction of sp³-hybridized carbons (Fsp3) is 0.111. The van der Waals surface area contributed by atoms with Gasteiger partial charge in [-0.25, -0.2) is 9.78 Å². The number of hydrogen-bond donors (Lipinski definition) is 3. The van der Waals surface area contributed by atoms with E-state index in [1.54, 1.807) is 12.1 Å². The van der Waals surface area contributed by atoms with Gasteiger partial charge in [0.2, 0.25) is 0 Å². The quantitative estimate of drug-likeness (QED) is 0.490. The van der Waals surface area contributed by atoms with Gasteiger partial charge in [-0.2, -0.15) is 0 Å². The molecule has 0 radical (unpaired) electrons. The zero-order valence-corrected chi connectivity index (χ0v) is 8.38. The molecule has 78 valence electrons. The maximum atomic E-state index is 10.1. The molecule has 6 heteroatoms. The minimum atomic E-state index is -1.13. The summed E-state index contributed by atoms with van der Waals surface area (Å²) < 4.78 is 0. The van der Waals surface area contributed by atoms with Crippen LogP contribution in [0.15, 0.2) is 12.1 Å². The van der Waals surface area contributed by atoms with Crippen LogP contribution in [0.5, 0.6) is 0 Å². The topological polar surface area (TPSA) is 88.2 Å². The van der Waals surface area contributed by atoms with Gasteiger partial charge in [0, 0.05) is 0 Å². The minimum absolute atomic E-state index is 0.0168. The van der Waals surface area contributed by atoms with Crippen molar-refractivity contribution in [2.75, 3.05) is 12.3 Å². The molecule has 0 bridgehead atoms. The Bertz CT molecular complexity index is 437. The second kappa shape index (κ2) is 5.08. The monoisotopic (exact) mass is 225 g/mol. The number of nitrogen functional groups attached to an aromatic ring is 1. The van der Waals surface area contributed by atoms with E-state index in [0.717, 1.165) is 0 Å². The highest BCUT2D eigenvalue weighted by molar-refractivity contribution is 6.29. The molecule has 0 spiro atoms. The number of pyridine rings is 1. The van der Waals surface area contributed by atoms with Crippen molar-refractivity contribution in [3.05, 3.63) is 23.0 Å². The number of nitrogens with one attached hydrogen (secondary N) is 1. The van der Waals surface area contributed by atoms with Gasteiger partial charge >= 0.3 is 6.09 Å². The summed E-state index contributed by atoms with van der Waals surface area (Å²) in [5.74, 6) is 5.17. The summed E-state index contributed by atoms with van der Waals surface area (Å²) in [7, 11) is 0. The smallest absolute Gasteiger partial charge is 0.405 e. The fourth-order valence-electron chi connectivity index (χ4n) is 0.794. The van der Waals surface area contributed by atoms with Crippen molar-refractivity contribution >= 4 is 23.4 Å². The van der Waals surface area contributed by atoms with E-state index < -0.39 is 6.09 Å². The highest BCUT2D eigenvalue weighted by atomic mass is 35.5. The summed E-state index contributed by atoms with van der Waals surface area (Å²) in [5, 5.41) is 10.7. The van der Waals surface area contributed by atoms with E-state index in [2.05, 4.69) is 22.1 Å². The van der Waals surface area contributed by atoms with Gasteiger partial charge in [0.25, 0.3) is 0 Å². The fourth-order valence-corrected chi connectivity index (χ4v) is 0.941. The zero-order valence-electron chi connectivity index (χ0n) is 7.62. The average Bonchev–Trinajstić information content (AvgIpc) is 2.17. The molecule has 0 unspecified atom stereocenters. The number of nitrogens with two attached hydrogens (primary N) is 1. The Morgan fingerprint density at radius 1 is 1.67 bits per heavy atom. The van der Waals surface area contributed by atoms with Gasteiger partial charge in [0.05, 0.1) is 12.2 Å². The van der Waals surface area contributed by atoms with Crippen molar-refractivity contribution in [2.24, 2.45) is 0 Å². The predicted octanol–water partition coefficient (Wildman–Crippen LogP) is 0.936. The number of hydrogen-bond acceptors (Lipinski definition) is 3. The SMILES string of the molecule is Nc1ccc(Cl)nc1C#CCNC(=O)O. The van der Waals surface area contributed by atoms with Gasteiger partial charge in [-0.05, 0) is 18.1 Å². The van der Waals surface area contributed by atoms with Crippen molar-refractivity contribution in [3.8, 4) is 11.8 Å². The Morgan fingerprint density at radius 2 is 2.40 bits per heavy atom. The molecule has 0 aromatic carbocycles. The molecule has 1 aromatic rings. The Morgan fingerprint density at radius 3 is 3.07 bits per heavy atom. The number of halogens is 1. The number of amides is 1. The van der Waals surface area contributed by atoms with E-state index in [9.17, 15) is 4.79 Å². The first-order valence-corrected chi connectivity index (χ1v) is 4.35. The first-order chi connectivity index (χ1) is 7.09. The molecule has 0 aliphatic carbocycles. The van der Waals surface area contributed by atoms with Crippen LogP contribution in [0.1, 0.15) is 5.69 Å². The highest BCUT2D eigenvalue weighted by Crippen LogP contribution is 2.11. The summed E-state index contributed by atoms with van der Waals surface area (Å²) in [6.45, 7) is 0.0168. The molecule has 4 N–H and O–H groups in total. The second-order valence-electron chi connectivity index (χ2n) is 2.53. The molecule has 15 heavy (non-hydrogen) atoms. The van der Waals surface area contributed by atoms with Gasteiger partial charge < -0.3 is 16.2 Å². The van der Waals surface area contributed by atoms with Crippen LogP contribution >= 0.6 is 11.6 Å². The third kappa shape index (κ3) is 3.75. The van der Waals surface area contributed by atoms with Crippen LogP contribution < -0.4 is 11.1 Å². The molecular weight excluding hydrogens is 218 g/mol. The van der Waals surface area contributed by atoms with Crippen LogP contribution in [-0.4, -0.2) is 22.7 Å². The molecule has 0 atom stereocenters. The maximum Gasteiger partial charge on any atom is 0.405 e. The van der Waals surface area contributed by atoms with Gasteiger partial charge in [-0.1, -0.05) is 17.5 Å². The van der Waals surface area contributed by atoms with Crippen LogP contribution in [0, 0.1) is 11.8 Å². The van der Waals surface area contributed by atoms with E-state index >= 15 is 0 Å². The van der Waals surface area contributed by atoms with Gasteiger partial charge in [0.15, 0.2) is 0 Å². The lowest BCUT2D eigenvalue weighted by Crippen LogP contribution is -2.20. The molecule has 1 rings (SSSR count). The van der Waals surface area contributed by atoms with Crippen molar-refractivity contribution in [1.82, 2.24) is 10.3 Å². The first kappa shape index (κ1) is 11.1. The maximum absolute atomic E-state index is 10.1. The number of carbonyl (C=O) groups is 1. The number of rotatable bonds is 1.